The van der Waals surface area contributed by atoms with Gasteiger partial charge in [-0.25, -0.2) is 4.39 Å². The number of rotatable bonds is 2. The molecule has 0 radical (unpaired) electrons. The van der Waals surface area contributed by atoms with E-state index in [1.807, 2.05) is 17.0 Å². The summed E-state index contributed by atoms with van der Waals surface area (Å²) >= 11 is 0. The van der Waals surface area contributed by atoms with Crippen LogP contribution in [0.25, 0.3) is 0 Å². The number of carbonyl (C=O) groups is 1. The summed E-state index contributed by atoms with van der Waals surface area (Å²) < 4.78 is 19.2. The highest BCUT2D eigenvalue weighted by Gasteiger charge is 2.35. The molecule has 0 bridgehead atoms. The fourth-order valence-electron chi connectivity index (χ4n) is 3.90. The number of halogens is 1. The Morgan fingerprint density at radius 3 is 2.77 bits per heavy atom. The summed E-state index contributed by atoms with van der Waals surface area (Å²) in [7, 11) is 0. The van der Waals surface area contributed by atoms with Crippen molar-refractivity contribution in [1.82, 2.24) is 10.2 Å². The minimum Gasteiger partial charge on any atom is -0.367 e. The van der Waals surface area contributed by atoms with Crippen molar-refractivity contribution in [1.29, 1.82) is 0 Å². The lowest BCUT2D eigenvalue weighted by Crippen LogP contribution is -2.46. The van der Waals surface area contributed by atoms with E-state index < -0.39 is 6.10 Å². The first-order valence-corrected chi connectivity index (χ1v) is 9.20. The van der Waals surface area contributed by atoms with Gasteiger partial charge < -0.3 is 15.0 Å². The predicted octanol–water partition coefficient (Wildman–Crippen LogP) is 2.68. The Balaban J connectivity index is 1.70. The van der Waals surface area contributed by atoms with Gasteiger partial charge in [0.05, 0.1) is 12.6 Å². The molecule has 0 unspecified atom stereocenters. The van der Waals surface area contributed by atoms with Crippen molar-refractivity contribution in [3.8, 4) is 0 Å². The zero-order chi connectivity index (χ0) is 17.9. The molecule has 1 amide bonds. The third kappa shape index (κ3) is 3.37. The molecule has 2 heterocycles. The second-order valence-electron chi connectivity index (χ2n) is 6.83. The van der Waals surface area contributed by atoms with Gasteiger partial charge in [0, 0.05) is 13.1 Å². The predicted molar refractivity (Wildman–Crippen MR) is 97.3 cm³/mol. The summed E-state index contributed by atoms with van der Waals surface area (Å²) in [5, 5.41) is 3.26. The lowest BCUT2D eigenvalue weighted by molar-refractivity contribution is -0.145. The number of hydrogen-bond donors (Lipinski definition) is 1. The molecule has 0 aliphatic carbocycles. The molecule has 2 atom stereocenters. The molecule has 5 heteroatoms. The SMILES string of the molecule is O=C([C@H]1CCNCCO1)N1CCc2ccccc2[C@@H]1c1ccc(F)cc1. The third-order valence-electron chi connectivity index (χ3n) is 5.21. The van der Waals surface area contributed by atoms with Gasteiger partial charge in [-0.3, -0.25) is 4.79 Å². The van der Waals surface area contributed by atoms with Crippen LogP contribution >= 0.6 is 0 Å². The Morgan fingerprint density at radius 2 is 1.92 bits per heavy atom. The van der Waals surface area contributed by atoms with Crippen LogP contribution in [0.1, 0.15) is 29.2 Å². The quantitative estimate of drug-likeness (QED) is 0.902. The Morgan fingerprint density at radius 1 is 1.12 bits per heavy atom. The highest BCUT2D eigenvalue weighted by molar-refractivity contribution is 5.82. The maximum absolute atomic E-state index is 13.4. The summed E-state index contributed by atoms with van der Waals surface area (Å²) in [6, 6.07) is 14.5. The van der Waals surface area contributed by atoms with Gasteiger partial charge in [-0.05, 0) is 48.2 Å². The van der Waals surface area contributed by atoms with Gasteiger partial charge in [0.2, 0.25) is 0 Å². The molecular formula is C21H23FN2O2. The third-order valence-corrected chi connectivity index (χ3v) is 5.21. The van der Waals surface area contributed by atoms with Crippen LogP contribution in [0.4, 0.5) is 4.39 Å². The van der Waals surface area contributed by atoms with Crippen LogP contribution in [0, 0.1) is 5.82 Å². The van der Waals surface area contributed by atoms with Gasteiger partial charge in [-0.1, -0.05) is 36.4 Å². The number of nitrogens with one attached hydrogen (secondary N) is 1. The number of ether oxygens (including phenoxy) is 1. The molecule has 2 aromatic carbocycles. The standard InChI is InChI=1S/C21H23FN2O2/c22-17-7-5-16(6-8-17)20-18-4-2-1-3-15(18)10-13-24(20)21(25)19-9-11-23-12-14-26-19/h1-8,19-20,23H,9-14H2/t19-,20+/m1/s1. The second kappa shape index (κ2) is 7.56. The molecule has 1 saturated heterocycles. The van der Waals surface area contributed by atoms with Crippen molar-refractivity contribution in [2.75, 3.05) is 26.2 Å². The monoisotopic (exact) mass is 354 g/mol. The fourth-order valence-corrected chi connectivity index (χ4v) is 3.90. The summed E-state index contributed by atoms with van der Waals surface area (Å²) in [5.74, 6) is -0.244. The van der Waals surface area contributed by atoms with Gasteiger partial charge in [-0.2, -0.15) is 0 Å². The molecule has 0 aromatic heterocycles. The zero-order valence-electron chi connectivity index (χ0n) is 14.7. The van der Waals surface area contributed by atoms with Gasteiger partial charge >= 0.3 is 0 Å². The van der Waals surface area contributed by atoms with Crippen LogP contribution in [0.3, 0.4) is 0 Å². The van der Waals surface area contributed by atoms with Crippen LogP contribution < -0.4 is 5.32 Å². The van der Waals surface area contributed by atoms with E-state index in [0.29, 0.717) is 19.6 Å². The molecule has 2 aliphatic heterocycles. The van der Waals surface area contributed by atoms with E-state index in [2.05, 4.69) is 17.4 Å². The average molecular weight is 354 g/mol. The fraction of sp³-hybridized carbons (Fsp3) is 0.381. The molecular weight excluding hydrogens is 331 g/mol. The van der Waals surface area contributed by atoms with Crippen LogP contribution in [-0.2, 0) is 16.0 Å². The molecule has 0 saturated carbocycles. The van der Waals surface area contributed by atoms with Crippen LogP contribution in [0.2, 0.25) is 0 Å². The van der Waals surface area contributed by atoms with E-state index in [9.17, 15) is 9.18 Å². The first-order valence-electron chi connectivity index (χ1n) is 9.20. The number of nitrogens with zero attached hydrogens (tertiary/aromatic N) is 1. The average Bonchev–Trinajstić information content (AvgIpc) is 2.97. The van der Waals surface area contributed by atoms with E-state index in [0.717, 1.165) is 30.6 Å². The molecule has 2 aromatic rings. The van der Waals surface area contributed by atoms with Crippen molar-refractivity contribution >= 4 is 5.91 Å². The van der Waals surface area contributed by atoms with Crippen molar-refractivity contribution < 1.29 is 13.9 Å². The summed E-state index contributed by atoms with van der Waals surface area (Å²) in [5.41, 5.74) is 3.29. The molecule has 2 aliphatic rings. The van der Waals surface area contributed by atoms with Gasteiger partial charge in [0.25, 0.3) is 5.91 Å². The number of amides is 1. The number of fused-ring (bicyclic) bond motifs is 1. The molecule has 1 fully saturated rings. The largest absolute Gasteiger partial charge is 0.367 e. The second-order valence-corrected chi connectivity index (χ2v) is 6.83. The van der Waals surface area contributed by atoms with Crippen LogP contribution in [-0.4, -0.2) is 43.2 Å². The minimum absolute atomic E-state index is 0.0255. The number of benzene rings is 2. The van der Waals surface area contributed by atoms with Crippen molar-refractivity contribution in [2.24, 2.45) is 0 Å². The van der Waals surface area contributed by atoms with Crippen molar-refractivity contribution in [2.45, 2.75) is 25.0 Å². The van der Waals surface area contributed by atoms with E-state index in [-0.39, 0.29) is 17.8 Å². The Hall–Kier alpha value is -2.24. The zero-order valence-corrected chi connectivity index (χ0v) is 14.7. The van der Waals surface area contributed by atoms with Gasteiger partial charge in [0.1, 0.15) is 11.9 Å². The van der Waals surface area contributed by atoms with Gasteiger partial charge in [0.15, 0.2) is 0 Å². The number of carbonyl (C=O) groups excluding carboxylic acids is 1. The smallest absolute Gasteiger partial charge is 0.252 e. The van der Waals surface area contributed by atoms with E-state index in [1.54, 1.807) is 12.1 Å². The topological polar surface area (TPSA) is 41.6 Å². The van der Waals surface area contributed by atoms with E-state index in [4.69, 9.17) is 4.74 Å². The number of hydrogen-bond acceptors (Lipinski definition) is 3. The molecule has 0 spiro atoms. The summed E-state index contributed by atoms with van der Waals surface area (Å²) in [4.78, 5) is 15.2. The molecule has 1 N–H and O–H groups in total. The van der Waals surface area contributed by atoms with Crippen LogP contribution in [0.5, 0.6) is 0 Å². The van der Waals surface area contributed by atoms with E-state index in [1.165, 1.54) is 17.7 Å². The summed E-state index contributed by atoms with van der Waals surface area (Å²) in [6.07, 6.45) is 1.08. The highest BCUT2D eigenvalue weighted by Crippen LogP contribution is 2.36. The highest BCUT2D eigenvalue weighted by atomic mass is 19.1. The minimum atomic E-state index is -0.418. The Labute approximate surface area is 153 Å². The Bertz CT molecular complexity index is 770. The van der Waals surface area contributed by atoms with Crippen LogP contribution in [0.15, 0.2) is 48.5 Å². The molecule has 4 nitrogen and oxygen atoms in total. The molecule has 136 valence electrons. The lowest BCUT2D eigenvalue weighted by atomic mass is 9.87. The van der Waals surface area contributed by atoms with Gasteiger partial charge in [-0.15, -0.1) is 0 Å². The molecule has 4 rings (SSSR count). The Kier molecular flexibility index (Phi) is 5.00. The van der Waals surface area contributed by atoms with Crippen molar-refractivity contribution in [3.05, 3.63) is 71.0 Å². The first-order chi connectivity index (χ1) is 12.7. The lowest BCUT2D eigenvalue weighted by Gasteiger charge is -2.39. The van der Waals surface area contributed by atoms with Crippen molar-refractivity contribution in [3.63, 3.8) is 0 Å². The first kappa shape index (κ1) is 17.2. The maximum atomic E-state index is 13.4. The molecule has 26 heavy (non-hydrogen) atoms. The normalized spacial score (nSPS) is 23.2. The summed E-state index contributed by atoms with van der Waals surface area (Å²) in [6.45, 7) is 2.74. The van der Waals surface area contributed by atoms with E-state index >= 15 is 0 Å². The maximum Gasteiger partial charge on any atom is 0.252 e.